The minimum atomic E-state index is -4.27. The topological polar surface area (TPSA) is 57.2 Å². The second kappa shape index (κ2) is 5.60. The Balaban J connectivity index is 0.00000144. The Morgan fingerprint density at radius 1 is 1.23 bits per heavy atom. The molecule has 0 aliphatic heterocycles. The SMILES string of the molecule is O=S(=O)([O-])Sc1ccc(Cl)cc1.[Na+]. The average Bonchev–Trinajstić information content (AvgIpc) is 1.91. The van der Waals surface area contributed by atoms with E-state index in [9.17, 15) is 13.0 Å². The van der Waals surface area contributed by atoms with Gasteiger partial charge >= 0.3 is 29.6 Å². The van der Waals surface area contributed by atoms with E-state index >= 15 is 0 Å². The Morgan fingerprint density at radius 2 is 1.69 bits per heavy atom. The van der Waals surface area contributed by atoms with Crippen LogP contribution in [0.5, 0.6) is 0 Å². The molecule has 0 aliphatic rings. The van der Waals surface area contributed by atoms with E-state index in [0.717, 1.165) is 0 Å². The minimum Gasteiger partial charge on any atom is -0.739 e. The van der Waals surface area contributed by atoms with Crippen molar-refractivity contribution >= 4 is 31.5 Å². The fraction of sp³-hybridized carbons (Fsp3) is 0. The van der Waals surface area contributed by atoms with Gasteiger partial charge in [-0.25, -0.2) is 8.42 Å². The van der Waals surface area contributed by atoms with Gasteiger partial charge in [0.15, 0.2) is 9.15 Å². The smallest absolute Gasteiger partial charge is 0.739 e. The van der Waals surface area contributed by atoms with Crippen molar-refractivity contribution in [2.75, 3.05) is 0 Å². The molecule has 0 saturated heterocycles. The van der Waals surface area contributed by atoms with Crippen LogP contribution in [0.15, 0.2) is 29.2 Å². The minimum absolute atomic E-state index is 0. The molecule has 0 radical (unpaired) electrons. The van der Waals surface area contributed by atoms with Crippen LogP contribution in [0.4, 0.5) is 0 Å². The fourth-order valence-electron chi connectivity index (χ4n) is 0.608. The summed E-state index contributed by atoms with van der Waals surface area (Å²) in [6.07, 6.45) is 0. The summed E-state index contributed by atoms with van der Waals surface area (Å²) >= 11 is 5.55. The molecule has 66 valence electrons. The second-order valence-corrected chi connectivity index (χ2v) is 5.56. The molecule has 0 heterocycles. The third-order valence-corrected chi connectivity index (χ3v) is 3.12. The molecular formula is C6H4ClNaO3S2. The summed E-state index contributed by atoms with van der Waals surface area (Å²) in [7, 11) is -4.00. The van der Waals surface area contributed by atoms with Crippen LogP contribution in [-0.4, -0.2) is 13.0 Å². The van der Waals surface area contributed by atoms with E-state index in [-0.39, 0.29) is 40.4 Å². The van der Waals surface area contributed by atoms with Gasteiger partial charge in [0.1, 0.15) is 0 Å². The van der Waals surface area contributed by atoms with Gasteiger partial charge in [0.25, 0.3) is 0 Å². The van der Waals surface area contributed by atoms with Crippen molar-refractivity contribution in [1.29, 1.82) is 0 Å². The predicted octanol–water partition coefficient (Wildman–Crippen LogP) is -1.10. The van der Waals surface area contributed by atoms with Crippen molar-refractivity contribution < 1.29 is 42.5 Å². The van der Waals surface area contributed by atoms with Gasteiger partial charge in [0.05, 0.1) is 0 Å². The van der Waals surface area contributed by atoms with Crippen molar-refractivity contribution in [3.63, 3.8) is 0 Å². The van der Waals surface area contributed by atoms with Gasteiger partial charge in [-0.15, -0.1) is 0 Å². The van der Waals surface area contributed by atoms with Gasteiger partial charge in [-0.2, -0.15) is 0 Å². The van der Waals surface area contributed by atoms with Gasteiger partial charge in [0.2, 0.25) is 0 Å². The van der Waals surface area contributed by atoms with E-state index in [1.165, 1.54) is 24.3 Å². The van der Waals surface area contributed by atoms with E-state index in [1.54, 1.807) is 0 Å². The number of hydrogen-bond donors (Lipinski definition) is 0. The van der Waals surface area contributed by atoms with Crippen LogP contribution in [0.2, 0.25) is 5.02 Å². The van der Waals surface area contributed by atoms with E-state index in [4.69, 9.17) is 11.6 Å². The Morgan fingerprint density at radius 3 is 2.08 bits per heavy atom. The zero-order valence-electron chi connectivity index (χ0n) is 6.73. The van der Waals surface area contributed by atoms with Gasteiger partial charge in [-0.05, 0) is 35.1 Å². The van der Waals surface area contributed by atoms with Crippen LogP contribution >= 0.6 is 22.4 Å². The largest absolute Gasteiger partial charge is 1.00 e. The predicted molar refractivity (Wildman–Crippen MR) is 47.0 cm³/mol. The van der Waals surface area contributed by atoms with Gasteiger partial charge in [-0.3, -0.25) is 0 Å². The molecule has 0 fully saturated rings. The number of rotatable bonds is 2. The summed E-state index contributed by atoms with van der Waals surface area (Å²) in [4.78, 5) is 0.370. The van der Waals surface area contributed by atoms with E-state index in [2.05, 4.69) is 0 Å². The molecule has 0 N–H and O–H groups in total. The van der Waals surface area contributed by atoms with E-state index < -0.39 is 9.15 Å². The summed E-state index contributed by atoms with van der Waals surface area (Å²) in [5.41, 5.74) is 0. The molecule has 0 spiro atoms. The molecule has 3 nitrogen and oxygen atoms in total. The zero-order chi connectivity index (χ0) is 9.19. The number of benzene rings is 1. The average molecular weight is 247 g/mol. The summed E-state index contributed by atoms with van der Waals surface area (Å²) in [5, 5.41) is 0.502. The zero-order valence-corrected chi connectivity index (χ0v) is 11.1. The Hall–Kier alpha value is 0.770. The van der Waals surface area contributed by atoms with Crippen molar-refractivity contribution in [1.82, 2.24) is 0 Å². The fourth-order valence-corrected chi connectivity index (χ4v) is 2.26. The normalized spacial score (nSPS) is 10.6. The van der Waals surface area contributed by atoms with Crippen molar-refractivity contribution in [3.05, 3.63) is 29.3 Å². The molecule has 0 amide bonds. The summed E-state index contributed by atoms with van der Waals surface area (Å²) in [6.45, 7) is 0. The van der Waals surface area contributed by atoms with E-state index in [1.807, 2.05) is 0 Å². The quantitative estimate of drug-likeness (QED) is 0.378. The monoisotopic (exact) mass is 246 g/mol. The van der Waals surface area contributed by atoms with Crippen molar-refractivity contribution in [3.8, 4) is 0 Å². The molecule has 1 aromatic carbocycles. The van der Waals surface area contributed by atoms with Crippen LogP contribution in [0.3, 0.4) is 0 Å². The Bertz CT molecular complexity index is 362. The van der Waals surface area contributed by atoms with Crippen molar-refractivity contribution in [2.24, 2.45) is 0 Å². The maximum absolute atomic E-state index is 10.3. The Labute approximate surface area is 107 Å². The van der Waals surface area contributed by atoms with Gasteiger partial charge < -0.3 is 4.55 Å². The molecule has 13 heavy (non-hydrogen) atoms. The molecule has 0 aliphatic carbocycles. The molecular weight excluding hydrogens is 243 g/mol. The van der Waals surface area contributed by atoms with Crippen LogP contribution in [0.1, 0.15) is 0 Å². The molecule has 0 bridgehead atoms. The van der Waals surface area contributed by atoms with Crippen LogP contribution in [0, 0.1) is 0 Å². The Kier molecular flexibility index (Phi) is 5.93. The van der Waals surface area contributed by atoms with Gasteiger partial charge in [-0.1, -0.05) is 11.6 Å². The second-order valence-electron chi connectivity index (χ2n) is 1.95. The first-order chi connectivity index (χ1) is 5.47. The molecule has 7 heteroatoms. The van der Waals surface area contributed by atoms with Crippen molar-refractivity contribution in [2.45, 2.75) is 4.90 Å². The summed E-state index contributed by atoms with van der Waals surface area (Å²) in [6, 6.07) is 6.00. The first-order valence-electron chi connectivity index (χ1n) is 2.88. The first kappa shape index (κ1) is 13.8. The number of hydrogen-bond acceptors (Lipinski definition) is 4. The molecule has 0 aromatic heterocycles. The molecule has 0 unspecified atom stereocenters. The number of halogens is 1. The van der Waals surface area contributed by atoms with Crippen LogP contribution < -0.4 is 29.6 Å². The van der Waals surface area contributed by atoms with Gasteiger partial charge in [0, 0.05) is 9.92 Å². The summed E-state index contributed by atoms with van der Waals surface area (Å²) in [5.74, 6) is 0. The molecule has 1 aromatic rings. The maximum Gasteiger partial charge on any atom is 1.00 e. The standard InChI is InChI=1S/C6H5ClO3S2.Na/c7-5-1-3-6(4-2-5)11-12(8,9)10;/h1-4H,(H,8,9,10);/q;+1/p-1. The third kappa shape index (κ3) is 5.96. The molecule has 1 rings (SSSR count). The van der Waals surface area contributed by atoms with E-state index in [0.29, 0.717) is 9.92 Å². The maximum atomic E-state index is 10.3. The molecule has 0 atom stereocenters. The van der Waals surface area contributed by atoms with Crippen LogP contribution in [0.25, 0.3) is 0 Å². The first-order valence-corrected chi connectivity index (χ1v) is 6.00. The summed E-state index contributed by atoms with van der Waals surface area (Å²) < 4.78 is 30.8. The molecule has 0 saturated carbocycles. The van der Waals surface area contributed by atoms with Crippen LogP contribution in [-0.2, 0) is 9.15 Å². The third-order valence-electron chi connectivity index (χ3n) is 1.01.